The maximum absolute atomic E-state index is 11.7. The monoisotopic (exact) mass is 191 g/mol. The minimum absolute atomic E-state index is 0.233. The van der Waals surface area contributed by atoms with Gasteiger partial charge in [-0.15, -0.1) is 0 Å². The van der Waals surface area contributed by atoms with Gasteiger partial charge in [0.1, 0.15) is 0 Å². The van der Waals surface area contributed by atoms with Gasteiger partial charge in [0.15, 0.2) is 5.78 Å². The van der Waals surface area contributed by atoms with Crippen molar-refractivity contribution in [2.24, 2.45) is 0 Å². The predicted molar refractivity (Wildman–Crippen MR) is 59.8 cm³/mol. The van der Waals surface area contributed by atoms with Crippen LogP contribution >= 0.6 is 0 Å². The summed E-state index contributed by atoms with van der Waals surface area (Å²) in [5, 5.41) is 3.03. The summed E-state index contributed by atoms with van der Waals surface area (Å²) in [6.45, 7) is 2.09. The number of carbonyl (C=O) groups excluding carboxylic acids is 1. The third-order valence-corrected chi connectivity index (χ3v) is 2.25. The van der Waals surface area contributed by atoms with E-state index in [0.717, 1.165) is 24.1 Å². The summed E-state index contributed by atoms with van der Waals surface area (Å²) in [4.78, 5) is 11.7. The van der Waals surface area contributed by atoms with Gasteiger partial charge in [-0.2, -0.15) is 0 Å². The average molecular weight is 191 g/mol. The van der Waals surface area contributed by atoms with Gasteiger partial charge in [0.2, 0.25) is 0 Å². The van der Waals surface area contributed by atoms with Crippen LogP contribution in [0.15, 0.2) is 24.3 Å². The first-order chi connectivity index (χ1) is 6.79. The molecule has 0 radical (unpaired) electrons. The van der Waals surface area contributed by atoms with Gasteiger partial charge in [0.25, 0.3) is 0 Å². The second-order valence-corrected chi connectivity index (χ2v) is 3.32. The van der Waals surface area contributed by atoms with Crippen molar-refractivity contribution in [1.82, 2.24) is 0 Å². The minimum Gasteiger partial charge on any atom is -0.388 e. The lowest BCUT2D eigenvalue weighted by molar-refractivity contribution is 0.0980. The first-order valence-corrected chi connectivity index (χ1v) is 5.09. The Bertz CT molecular complexity index is 307. The fraction of sp³-hybridized carbons (Fsp3) is 0.417. The van der Waals surface area contributed by atoms with Gasteiger partial charge in [0.05, 0.1) is 0 Å². The summed E-state index contributed by atoms with van der Waals surface area (Å²) in [5.41, 5.74) is 1.73. The van der Waals surface area contributed by atoms with E-state index in [1.165, 1.54) is 0 Å². The Kier molecular flexibility index (Phi) is 4.17. The van der Waals surface area contributed by atoms with Crippen LogP contribution < -0.4 is 5.32 Å². The second kappa shape index (κ2) is 5.43. The molecule has 0 aromatic heterocycles. The van der Waals surface area contributed by atoms with E-state index in [1.54, 1.807) is 0 Å². The number of unbranched alkanes of at least 4 members (excludes halogenated alkanes) is 1. The number of ketones is 1. The van der Waals surface area contributed by atoms with Crippen LogP contribution in [0.4, 0.5) is 5.69 Å². The van der Waals surface area contributed by atoms with Crippen LogP contribution in [0.25, 0.3) is 0 Å². The van der Waals surface area contributed by atoms with Crippen LogP contribution in [-0.4, -0.2) is 12.8 Å². The van der Waals surface area contributed by atoms with E-state index in [-0.39, 0.29) is 5.78 Å². The molecule has 0 spiro atoms. The van der Waals surface area contributed by atoms with E-state index in [1.807, 2.05) is 31.3 Å². The topological polar surface area (TPSA) is 29.1 Å². The van der Waals surface area contributed by atoms with Crippen molar-refractivity contribution in [1.29, 1.82) is 0 Å². The number of Topliss-reactive ketones (excluding diaryl/α,β-unsaturated/α-hetero) is 1. The van der Waals surface area contributed by atoms with Gasteiger partial charge < -0.3 is 5.32 Å². The van der Waals surface area contributed by atoms with Crippen LogP contribution in [0.3, 0.4) is 0 Å². The molecular formula is C12H17NO. The van der Waals surface area contributed by atoms with Crippen LogP contribution in [0.5, 0.6) is 0 Å². The van der Waals surface area contributed by atoms with Crippen molar-refractivity contribution >= 4 is 11.5 Å². The predicted octanol–water partition coefficient (Wildman–Crippen LogP) is 3.10. The van der Waals surface area contributed by atoms with E-state index >= 15 is 0 Å². The minimum atomic E-state index is 0.233. The number of rotatable bonds is 5. The van der Waals surface area contributed by atoms with Gasteiger partial charge >= 0.3 is 0 Å². The van der Waals surface area contributed by atoms with E-state index in [9.17, 15) is 4.79 Å². The molecule has 1 rings (SSSR count). The largest absolute Gasteiger partial charge is 0.388 e. The quantitative estimate of drug-likeness (QED) is 0.724. The number of nitrogens with one attached hydrogen (secondary N) is 1. The molecule has 2 heteroatoms. The highest BCUT2D eigenvalue weighted by Gasteiger charge is 2.08. The fourth-order valence-corrected chi connectivity index (χ4v) is 1.42. The lowest BCUT2D eigenvalue weighted by Crippen LogP contribution is -2.03. The molecule has 0 aliphatic carbocycles. The first kappa shape index (κ1) is 10.8. The molecule has 1 N–H and O–H groups in total. The number of para-hydroxylation sites is 1. The zero-order valence-electron chi connectivity index (χ0n) is 8.84. The molecule has 0 amide bonds. The van der Waals surface area contributed by atoms with Crippen molar-refractivity contribution in [3.05, 3.63) is 29.8 Å². The summed E-state index contributed by atoms with van der Waals surface area (Å²) >= 11 is 0. The molecule has 0 saturated heterocycles. The SMILES string of the molecule is CCCCC(=O)c1ccccc1NC. The van der Waals surface area contributed by atoms with Crippen molar-refractivity contribution in [2.45, 2.75) is 26.2 Å². The van der Waals surface area contributed by atoms with E-state index in [2.05, 4.69) is 12.2 Å². The Morgan fingerprint density at radius 3 is 2.71 bits per heavy atom. The summed E-state index contributed by atoms with van der Waals surface area (Å²) in [7, 11) is 1.84. The fourth-order valence-electron chi connectivity index (χ4n) is 1.42. The molecule has 1 aromatic carbocycles. The summed E-state index contributed by atoms with van der Waals surface area (Å²) < 4.78 is 0. The standard InChI is InChI=1S/C12H17NO/c1-3-4-9-12(14)10-7-5-6-8-11(10)13-2/h5-8,13H,3-4,9H2,1-2H3. The second-order valence-electron chi connectivity index (χ2n) is 3.32. The van der Waals surface area contributed by atoms with Crippen molar-refractivity contribution in [2.75, 3.05) is 12.4 Å². The van der Waals surface area contributed by atoms with Gasteiger partial charge in [-0.05, 0) is 18.6 Å². The lowest BCUT2D eigenvalue weighted by Gasteiger charge is -2.06. The van der Waals surface area contributed by atoms with Crippen molar-refractivity contribution in [3.8, 4) is 0 Å². The van der Waals surface area contributed by atoms with Crippen LogP contribution in [0, 0.1) is 0 Å². The van der Waals surface area contributed by atoms with Crippen LogP contribution in [0.2, 0.25) is 0 Å². The van der Waals surface area contributed by atoms with Crippen molar-refractivity contribution in [3.63, 3.8) is 0 Å². The molecule has 0 fully saturated rings. The normalized spacial score (nSPS) is 9.86. The van der Waals surface area contributed by atoms with Crippen LogP contribution in [0.1, 0.15) is 36.5 Å². The molecule has 0 atom stereocenters. The molecular weight excluding hydrogens is 174 g/mol. The molecule has 76 valence electrons. The van der Waals surface area contributed by atoms with E-state index in [0.29, 0.717) is 6.42 Å². The van der Waals surface area contributed by atoms with Gasteiger partial charge in [-0.1, -0.05) is 25.5 Å². The first-order valence-electron chi connectivity index (χ1n) is 5.09. The summed E-state index contributed by atoms with van der Waals surface area (Å²) in [6, 6.07) is 7.64. The summed E-state index contributed by atoms with van der Waals surface area (Å²) in [6.07, 6.45) is 2.68. The Hall–Kier alpha value is -1.31. The van der Waals surface area contributed by atoms with E-state index in [4.69, 9.17) is 0 Å². The highest BCUT2D eigenvalue weighted by Crippen LogP contribution is 2.17. The molecule has 0 heterocycles. The molecule has 0 aliphatic heterocycles. The molecule has 1 aromatic rings. The lowest BCUT2D eigenvalue weighted by atomic mass is 10.0. The van der Waals surface area contributed by atoms with E-state index < -0.39 is 0 Å². The third kappa shape index (κ3) is 2.59. The van der Waals surface area contributed by atoms with Crippen LogP contribution in [-0.2, 0) is 0 Å². The highest BCUT2D eigenvalue weighted by atomic mass is 16.1. The highest BCUT2D eigenvalue weighted by molar-refractivity contribution is 6.01. The molecule has 0 bridgehead atoms. The Morgan fingerprint density at radius 1 is 1.36 bits per heavy atom. The maximum atomic E-state index is 11.7. The maximum Gasteiger partial charge on any atom is 0.164 e. The average Bonchev–Trinajstić information content (AvgIpc) is 2.25. The number of hydrogen-bond donors (Lipinski definition) is 1. The Labute approximate surface area is 85.3 Å². The van der Waals surface area contributed by atoms with Crippen molar-refractivity contribution < 1.29 is 4.79 Å². The van der Waals surface area contributed by atoms with Gasteiger partial charge in [-0.3, -0.25) is 4.79 Å². The zero-order chi connectivity index (χ0) is 10.4. The summed E-state index contributed by atoms with van der Waals surface area (Å²) in [5.74, 6) is 0.233. The smallest absolute Gasteiger partial charge is 0.164 e. The van der Waals surface area contributed by atoms with Gasteiger partial charge in [0, 0.05) is 24.7 Å². The molecule has 0 aliphatic rings. The zero-order valence-corrected chi connectivity index (χ0v) is 8.84. The number of benzene rings is 1. The Balaban J connectivity index is 2.78. The molecule has 0 unspecified atom stereocenters. The van der Waals surface area contributed by atoms with Gasteiger partial charge in [-0.25, -0.2) is 0 Å². The molecule has 14 heavy (non-hydrogen) atoms. The molecule has 0 saturated carbocycles. The Morgan fingerprint density at radius 2 is 2.07 bits per heavy atom. The molecule has 2 nitrogen and oxygen atoms in total. The number of hydrogen-bond acceptors (Lipinski definition) is 2. The number of anilines is 1. The number of carbonyl (C=O) groups is 1. The third-order valence-electron chi connectivity index (χ3n) is 2.25.